The van der Waals surface area contributed by atoms with E-state index in [2.05, 4.69) is 15.6 Å². The van der Waals surface area contributed by atoms with Gasteiger partial charge in [0.1, 0.15) is 28.2 Å². The van der Waals surface area contributed by atoms with Gasteiger partial charge in [0, 0.05) is 24.1 Å². The van der Waals surface area contributed by atoms with Gasteiger partial charge in [0.2, 0.25) is 5.95 Å². The Morgan fingerprint density at radius 2 is 1.81 bits per heavy atom. The molecule has 1 aromatic carbocycles. The number of benzene rings is 1. The summed E-state index contributed by atoms with van der Waals surface area (Å²) in [4.78, 5) is 18.9. The van der Waals surface area contributed by atoms with E-state index in [0.717, 1.165) is 34.5 Å². The molecular formula is C31H38N6O4S. The zero-order valence-electron chi connectivity index (χ0n) is 24.4. The van der Waals surface area contributed by atoms with Gasteiger partial charge in [-0.15, -0.1) is 11.3 Å². The molecule has 0 aliphatic heterocycles. The van der Waals surface area contributed by atoms with Crippen molar-refractivity contribution in [3.63, 3.8) is 0 Å². The summed E-state index contributed by atoms with van der Waals surface area (Å²) in [6.45, 7) is 8.35. The van der Waals surface area contributed by atoms with E-state index in [1.54, 1.807) is 20.0 Å². The third kappa shape index (κ3) is 5.66. The minimum atomic E-state index is -1.69. The first kappa shape index (κ1) is 28.7. The van der Waals surface area contributed by atoms with Gasteiger partial charge in [0.15, 0.2) is 5.72 Å². The maximum atomic E-state index is 11.6. The van der Waals surface area contributed by atoms with E-state index < -0.39 is 23.3 Å². The Balaban J connectivity index is 1.30. The fourth-order valence-electron chi connectivity index (χ4n) is 5.75. The molecule has 11 heteroatoms. The Morgan fingerprint density at radius 1 is 1.05 bits per heavy atom. The van der Waals surface area contributed by atoms with E-state index in [4.69, 9.17) is 19.7 Å². The van der Waals surface area contributed by atoms with E-state index in [9.17, 15) is 15.3 Å². The highest BCUT2D eigenvalue weighted by molar-refractivity contribution is 7.21. The SMILES string of the molecule is Cc1nc(NCC2(COc3ccccc3)CC2)nc(NC2(O)CCC(C(C)(C)O)C2O)c1-c1nc2c(C)nccc2s1. The molecule has 2 aliphatic rings. The molecule has 3 heterocycles. The summed E-state index contributed by atoms with van der Waals surface area (Å²) in [6.07, 6.45) is 3.34. The molecule has 0 saturated heterocycles. The zero-order valence-corrected chi connectivity index (χ0v) is 25.2. The average molecular weight is 591 g/mol. The highest BCUT2D eigenvalue weighted by Gasteiger charge is 2.52. The standard InChI is InChI=1S/C31H38N6O4S/c1-18-23(27-35-24-19(2)32-15-11-22(24)42-27)26(37-31(40)12-10-21(25(31)38)29(3,4)39)36-28(34-18)33-16-30(13-14-30)17-41-20-8-6-5-7-9-20/h5-9,11,15,21,25,38-40H,10,12-14,16-17H2,1-4H3,(H2,33,34,36,37). The van der Waals surface area contributed by atoms with Crippen molar-refractivity contribution in [2.75, 3.05) is 23.8 Å². The molecule has 4 aromatic rings. The van der Waals surface area contributed by atoms with Crippen LogP contribution in [-0.4, -0.2) is 65.8 Å². The number of pyridine rings is 1. The van der Waals surface area contributed by atoms with Gasteiger partial charge in [0.05, 0.1) is 33.9 Å². The fraction of sp³-hybridized carbons (Fsp3) is 0.484. The van der Waals surface area contributed by atoms with E-state index >= 15 is 0 Å². The first-order chi connectivity index (χ1) is 20.0. The van der Waals surface area contributed by atoms with Gasteiger partial charge in [-0.3, -0.25) is 4.98 Å². The van der Waals surface area contributed by atoms with Crippen LogP contribution in [0.15, 0.2) is 42.6 Å². The quantitative estimate of drug-likeness (QED) is 0.165. The summed E-state index contributed by atoms with van der Waals surface area (Å²) in [7, 11) is 0. The van der Waals surface area contributed by atoms with Gasteiger partial charge in [0.25, 0.3) is 0 Å². The summed E-state index contributed by atoms with van der Waals surface area (Å²) in [6, 6.07) is 11.7. The normalized spacial score (nSPS) is 23.2. The number of hydrogen-bond acceptors (Lipinski definition) is 11. The lowest BCUT2D eigenvalue weighted by Crippen LogP contribution is -2.51. The van der Waals surface area contributed by atoms with E-state index in [1.165, 1.54) is 11.3 Å². The van der Waals surface area contributed by atoms with Crippen molar-refractivity contribution in [2.45, 2.75) is 70.8 Å². The summed E-state index contributed by atoms with van der Waals surface area (Å²) >= 11 is 1.50. The van der Waals surface area contributed by atoms with Crippen LogP contribution in [0, 0.1) is 25.2 Å². The van der Waals surface area contributed by atoms with Gasteiger partial charge < -0.3 is 30.7 Å². The van der Waals surface area contributed by atoms with Crippen LogP contribution in [0.1, 0.15) is 50.9 Å². The van der Waals surface area contributed by atoms with Crippen molar-refractivity contribution in [3.8, 4) is 16.3 Å². The number of aliphatic hydroxyl groups excluding tert-OH is 1. The van der Waals surface area contributed by atoms with E-state index in [0.29, 0.717) is 47.6 Å². The van der Waals surface area contributed by atoms with Crippen LogP contribution in [0.25, 0.3) is 20.8 Å². The Labute approximate surface area is 249 Å². The number of rotatable bonds is 10. The van der Waals surface area contributed by atoms with E-state index in [-0.39, 0.29) is 11.8 Å². The van der Waals surface area contributed by atoms with Crippen molar-refractivity contribution in [2.24, 2.45) is 11.3 Å². The topological polar surface area (TPSA) is 146 Å². The third-order valence-electron chi connectivity index (χ3n) is 8.61. The van der Waals surface area contributed by atoms with Crippen molar-refractivity contribution in [1.29, 1.82) is 0 Å². The third-order valence-corrected chi connectivity index (χ3v) is 9.65. The van der Waals surface area contributed by atoms with Gasteiger partial charge in [-0.05, 0) is 71.6 Å². The lowest BCUT2D eigenvalue weighted by atomic mass is 9.87. The van der Waals surface area contributed by atoms with Crippen LogP contribution >= 0.6 is 11.3 Å². The van der Waals surface area contributed by atoms with Crippen LogP contribution < -0.4 is 15.4 Å². The molecule has 2 fully saturated rings. The largest absolute Gasteiger partial charge is 0.493 e. The number of nitrogens with zero attached hydrogens (tertiary/aromatic N) is 4. The van der Waals surface area contributed by atoms with Crippen LogP contribution in [0.2, 0.25) is 0 Å². The lowest BCUT2D eigenvalue weighted by Gasteiger charge is -2.34. The van der Waals surface area contributed by atoms with Crippen molar-refractivity contribution >= 4 is 33.3 Å². The Hall–Kier alpha value is -3.38. The fourth-order valence-corrected chi connectivity index (χ4v) is 6.86. The molecule has 0 spiro atoms. The Morgan fingerprint density at radius 3 is 2.48 bits per heavy atom. The minimum absolute atomic E-state index is 0.00327. The maximum absolute atomic E-state index is 11.6. The molecule has 222 valence electrons. The van der Waals surface area contributed by atoms with Gasteiger partial charge in [-0.2, -0.15) is 4.98 Å². The number of ether oxygens (including phenoxy) is 1. The Kier molecular flexibility index (Phi) is 7.33. The molecule has 0 bridgehead atoms. The smallest absolute Gasteiger partial charge is 0.224 e. The molecule has 0 amide bonds. The number of thiazole rings is 1. The first-order valence-corrected chi connectivity index (χ1v) is 15.2. The number of fused-ring (bicyclic) bond motifs is 1. The predicted octanol–water partition coefficient (Wildman–Crippen LogP) is 4.68. The highest BCUT2D eigenvalue weighted by atomic mass is 32.1. The number of para-hydroxylation sites is 1. The minimum Gasteiger partial charge on any atom is -0.493 e. The zero-order chi connectivity index (χ0) is 29.7. The Bertz CT molecular complexity index is 1590. The van der Waals surface area contributed by atoms with Crippen molar-refractivity contribution in [3.05, 3.63) is 54.0 Å². The van der Waals surface area contributed by atoms with Crippen molar-refractivity contribution in [1.82, 2.24) is 19.9 Å². The monoisotopic (exact) mass is 590 g/mol. The second-order valence-electron chi connectivity index (χ2n) is 12.4. The van der Waals surface area contributed by atoms with E-state index in [1.807, 2.05) is 50.2 Å². The summed E-state index contributed by atoms with van der Waals surface area (Å²) < 4.78 is 7.04. The maximum Gasteiger partial charge on any atom is 0.224 e. The molecule has 3 atom stereocenters. The summed E-state index contributed by atoms with van der Waals surface area (Å²) in [5.74, 6) is 1.13. The number of aryl methyl sites for hydroxylation is 2. The summed E-state index contributed by atoms with van der Waals surface area (Å²) in [5, 5.41) is 40.7. The molecular weight excluding hydrogens is 552 g/mol. The number of nitrogens with one attached hydrogen (secondary N) is 2. The average Bonchev–Trinajstić information content (AvgIpc) is 3.48. The van der Waals surface area contributed by atoms with Crippen LogP contribution in [0.4, 0.5) is 11.8 Å². The van der Waals surface area contributed by atoms with Crippen molar-refractivity contribution < 1.29 is 20.1 Å². The molecule has 5 N–H and O–H groups in total. The molecule has 3 aromatic heterocycles. The van der Waals surface area contributed by atoms with Gasteiger partial charge in [-0.25, -0.2) is 9.97 Å². The van der Waals surface area contributed by atoms with Crippen LogP contribution in [0.3, 0.4) is 0 Å². The number of anilines is 2. The first-order valence-electron chi connectivity index (χ1n) is 14.4. The second kappa shape index (κ2) is 10.7. The summed E-state index contributed by atoms with van der Waals surface area (Å²) in [5.41, 5.74) is 0.124. The van der Waals surface area contributed by atoms with Gasteiger partial charge in [-0.1, -0.05) is 18.2 Å². The molecule has 6 rings (SSSR count). The molecule has 0 radical (unpaired) electrons. The molecule has 10 nitrogen and oxygen atoms in total. The predicted molar refractivity (Wildman–Crippen MR) is 164 cm³/mol. The number of aromatic nitrogens is 4. The highest BCUT2D eigenvalue weighted by Crippen LogP contribution is 2.47. The van der Waals surface area contributed by atoms with Crippen LogP contribution in [0.5, 0.6) is 5.75 Å². The number of hydrogen-bond donors (Lipinski definition) is 5. The molecule has 42 heavy (non-hydrogen) atoms. The number of aliphatic hydroxyl groups is 3. The van der Waals surface area contributed by atoms with Crippen LogP contribution in [-0.2, 0) is 0 Å². The lowest BCUT2D eigenvalue weighted by molar-refractivity contribution is -0.0926. The van der Waals surface area contributed by atoms with Gasteiger partial charge >= 0.3 is 0 Å². The molecule has 2 aliphatic carbocycles. The molecule has 3 unspecified atom stereocenters. The molecule has 2 saturated carbocycles. The second-order valence-corrected chi connectivity index (χ2v) is 13.4.